The molecule has 0 radical (unpaired) electrons. The number of carbonyl (C=O) groups excluding carboxylic acids is 2. The number of nitrogens with one attached hydrogen (secondary N) is 1. The fraction of sp³-hybridized carbons (Fsp3) is 0.300. The average molecular weight is 340 g/mol. The Labute approximate surface area is 148 Å². The van der Waals surface area contributed by atoms with Gasteiger partial charge in [0.05, 0.1) is 13.2 Å². The van der Waals surface area contributed by atoms with Crippen molar-refractivity contribution >= 4 is 11.8 Å². The first-order valence-electron chi connectivity index (χ1n) is 8.27. The van der Waals surface area contributed by atoms with Crippen LogP contribution in [-0.4, -0.2) is 36.9 Å². The molecule has 2 amide bonds. The van der Waals surface area contributed by atoms with Gasteiger partial charge in [0.25, 0.3) is 5.91 Å². The van der Waals surface area contributed by atoms with Crippen molar-refractivity contribution in [1.29, 1.82) is 0 Å². The van der Waals surface area contributed by atoms with Crippen LogP contribution in [0.1, 0.15) is 35.8 Å². The van der Waals surface area contributed by atoms with E-state index in [9.17, 15) is 9.59 Å². The van der Waals surface area contributed by atoms with Gasteiger partial charge in [0.1, 0.15) is 5.75 Å². The van der Waals surface area contributed by atoms with Crippen molar-refractivity contribution in [3.05, 3.63) is 65.7 Å². The van der Waals surface area contributed by atoms with Crippen LogP contribution < -0.4 is 10.1 Å². The minimum atomic E-state index is -0.185. The average Bonchev–Trinajstić information content (AvgIpc) is 2.65. The zero-order chi connectivity index (χ0) is 18.2. The first-order chi connectivity index (χ1) is 12.0. The van der Waals surface area contributed by atoms with E-state index in [2.05, 4.69) is 5.32 Å². The van der Waals surface area contributed by atoms with Gasteiger partial charge in [0, 0.05) is 25.6 Å². The molecule has 0 aliphatic heterocycles. The number of benzene rings is 2. The van der Waals surface area contributed by atoms with Crippen LogP contribution in [0.5, 0.6) is 5.75 Å². The van der Waals surface area contributed by atoms with Crippen molar-refractivity contribution in [1.82, 2.24) is 10.2 Å². The van der Waals surface area contributed by atoms with Gasteiger partial charge in [-0.05, 0) is 30.7 Å². The molecule has 0 heterocycles. The molecule has 2 aromatic carbocycles. The molecule has 2 rings (SSSR count). The SMILES string of the molecule is COc1cccc(C(=O)NCCN(C(C)=O)C(C)c2ccccc2)c1. The summed E-state index contributed by atoms with van der Waals surface area (Å²) in [6.07, 6.45) is 0. The Kier molecular flexibility index (Phi) is 6.57. The number of rotatable bonds is 7. The van der Waals surface area contributed by atoms with Crippen LogP contribution in [-0.2, 0) is 4.79 Å². The number of hydrogen-bond acceptors (Lipinski definition) is 3. The molecule has 2 aromatic rings. The largest absolute Gasteiger partial charge is 0.497 e. The molecule has 0 aromatic heterocycles. The van der Waals surface area contributed by atoms with E-state index in [-0.39, 0.29) is 17.9 Å². The van der Waals surface area contributed by atoms with E-state index in [0.29, 0.717) is 24.4 Å². The van der Waals surface area contributed by atoms with Gasteiger partial charge < -0.3 is 15.0 Å². The fourth-order valence-electron chi connectivity index (χ4n) is 2.69. The van der Waals surface area contributed by atoms with Crippen molar-refractivity contribution in [3.63, 3.8) is 0 Å². The lowest BCUT2D eigenvalue weighted by molar-refractivity contribution is -0.130. The highest BCUT2D eigenvalue weighted by Crippen LogP contribution is 2.19. The molecular formula is C20H24N2O3. The molecule has 1 unspecified atom stereocenters. The Bertz CT molecular complexity index is 716. The third kappa shape index (κ3) is 5.08. The molecule has 0 bridgehead atoms. The van der Waals surface area contributed by atoms with Gasteiger partial charge in [-0.3, -0.25) is 9.59 Å². The maximum atomic E-state index is 12.2. The van der Waals surface area contributed by atoms with Crippen molar-refractivity contribution in [2.24, 2.45) is 0 Å². The summed E-state index contributed by atoms with van der Waals surface area (Å²) in [5.41, 5.74) is 1.60. The van der Waals surface area contributed by atoms with E-state index in [1.165, 1.54) is 0 Å². The second-order valence-electron chi connectivity index (χ2n) is 5.79. The van der Waals surface area contributed by atoms with Crippen molar-refractivity contribution in [3.8, 4) is 5.75 Å². The predicted octanol–water partition coefficient (Wildman–Crippen LogP) is 3.03. The summed E-state index contributed by atoms with van der Waals surface area (Å²) in [5, 5.41) is 2.85. The third-order valence-electron chi connectivity index (χ3n) is 4.12. The van der Waals surface area contributed by atoms with Crippen LogP contribution in [0.4, 0.5) is 0 Å². The van der Waals surface area contributed by atoms with Crippen molar-refractivity contribution in [2.45, 2.75) is 19.9 Å². The lowest BCUT2D eigenvalue weighted by Crippen LogP contribution is -2.39. The van der Waals surface area contributed by atoms with E-state index in [1.54, 1.807) is 43.2 Å². The van der Waals surface area contributed by atoms with Crippen LogP contribution >= 0.6 is 0 Å². The quantitative estimate of drug-likeness (QED) is 0.843. The normalized spacial score (nSPS) is 11.5. The summed E-state index contributed by atoms with van der Waals surface area (Å²) in [7, 11) is 1.56. The molecule has 1 atom stereocenters. The number of ether oxygens (including phenoxy) is 1. The number of amides is 2. The number of nitrogens with zero attached hydrogens (tertiary/aromatic N) is 1. The number of methoxy groups -OCH3 is 1. The van der Waals surface area contributed by atoms with Gasteiger partial charge in [0.15, 0.2) is 0 Å². The minimum Gasteiger partial charge on any atom is -0.497 e. The molecule has 0 spiro atoms. The van der Waals surface area contributed by atoms with Gasteiger partial charge in [-0.15, -0.1) is 0 Å². The first kappa shape index (κ1) is 18.5. The highest BCUT2D eigenvalue weighted by atomic mass is 16.5. The van der Waals surface area contributed by atoms with Crippen LogP contribution in [0.3, 0.4) is 0 Å². The van der Waals surface area contributed by atoms with Crippen LogP contribution in [0, 0.1) is 0 Å². The summed E-state index contributed by atoms with van der Waals surface area (Å²) in [6.45, 7) is 4.36. The van der Waals surface area contributed by atoms with Gasteiger partial charge in [-0.25, -0.2) is 0 Å². The van der Waals surface area contributed by atoms with E-state index in [1.807, 2.05) is 37.3 Å². The maximum absolute atomic E-state index is 12.2. The second kappa shape index (κ2) is 8.87. The van der Waals surface area contributed by atoms with Gasteiger partial charge in [0.2, 0.25) is 5.91 Å². The van der Waals surface area contributed by atoms with Crippen molar-refractivity contribution in [2.75, 3.05) is 20.2 Å². The summed E-state index contributed by atoms with van der Waals surface area (Å²) in [4.78, 5) is 26.0. The molecule has 1 N–H and O–H groups in total. The predicted molar refractivity (Wildman–Crippen MR) is 97.6 cm³/mol. The van der Waals surface area contributed by atoms with Crippen molar-refractivity contribution < 1.29 is 14.3 Å². The van der Waals surface area contributed by atoms with Crippen LogP contribution in [0.15, 0.2) is 54.6 Å². The number of carbonyl (C=O) groups is 2. The van der Waals surface area contributed by atoms with Gasteiger partial charge in [-0.1, -0.05) is 36.4 Å². The molecule has 132 valence electrons. The van der Waals surface area contributed by atoms with Crippen LogP contribution in [0.25, 0.3) is 0 Å². The molecule has 25 heavy (non-hydrogen) atoms. The van der Waals surface area contributed by atoms with Gasteiger partial charge in [-0.2, -0.15) is 0 Å². The Morgan fingerprint density at radius 1 is 1.12 bits per heavy atom. The lowest BCUT2D eigenvalue weighted by Gasteiger charge is -2.28. The smallest absolute Gasteiger partial charge is 0.251 e. The fourth-order valence-corrected chi connectivity index (χ4v) is 2.69. The molecule has 5 nitrogen and oxygen atoms in total. The Hall–Kier alpha value is -2.82. The van der Waals surface area contributed by atoms with Crippen LogP contribution in [0.2, 0.25) is 0 Å². The molecule has 0 aliphatic rings. The van der Waals surface area contributed by atoms with E-state index < -0.39 is 0 Å². The number of hydrogen-bond donors (Lipinski definition) is 1. The zero-order valence-corrected chi connectivity index (χ0v) is 14.9. The second-order valence-corrected chi connectivity index (χ2v) is 5.79. The molecule has 0 saturated carbocycles. The summed E-state index contributed by atoms with van der Waals surface area (Å²) < 4.78 is 5.13. The Morgan fingerprint density at radius 2 is 1.84 bits per heavy atom. The van der Waals surface area contributed by atoms with E-state index in [4.69, 9.17) is 4.74 Å². The standard InChI is InChI=1S/C20H24N2O3/c1-15(17-8-5-4-6-9-17)22(16(2)23)13-12-21-20(24)18-10-7-11-19(14-18)25-3/h4-11,14-15H,12-13H2,1-3H3,(H,21,24). The molecular weight excluding hydrogens is 316 g/mol. The maximum Gasteiger partial charge on any atom is 0.251 e. The van der Waals surface area contributed by atoms with E-state index in [0.717, 1.165) is 5.56 Å². The highest BCUT2D eigenvalue weighted by Gasteiger charge is 2.18. The Balaban J connectivity index is 1.95. The topological polar surface area (TPSA) is 58.6 Å². The summed E-state index contributed by atoms with van der Waals surface area (Å²) in [5.74, 6) is 0.428. The highest BCUT2D eigenvalue weighted by molar-refractivity contribution is 5.94. The molecule has 0 saturated heterocycles. The summed E-state index contributed by atoms with van der Waals surface area (Å²) in [6, 6.07) is 16.8. The first-order valence-corrected chi connectivity index (χ1v) is 8.27. The van der Waals surface area contributed by atoms with E-state index >= 15 is 0 Å². The minimum absolute atomic E-state index is 0.0213. The zero-order valence-electron chi connectivity index (χ0n) is 14.9. The Morgan fingerprint density at radius 3 is 2.48 bits per heavy atom. The lowest BCUT2D eigenvalue weighted by atomic mass is 10.1. The summed E-state index contributed by atoms with van der Waals surface area (Å²) >= 11 is 0. The molecule has 5 heteroatoms. The van der Waals surface area contributed by atoms with Gasteiger partial charge >= 0.3 is 0 Å². The monoisotopic (exact) mass is 340 g/mol. The molecule has 0 fully saturated rings. The molecule has 0 aliphatic carbocycles. The third-order valence-corrected chi connectivity index (χ3v) is 4.12.